The topological polar surface area (TPSA) is 104 Å². The first-order chi connectivity index (χ1) is 8.70. The zero-order valence-electron chi connectivity index (χ0n) is 9.54. The standard InChI is InChI=1S/C12H12N4O2/c13-9-6-10(14)15-12(11(9)16-17)18-7-8-4-2-1-3-5-8/h1-6H,7H2,(H4,13,14,15). The maximum Gasteiger partial charge on any atom is 0.248 e. The maximum atomic E-state index is 10.7. The molecule has 1 heterocycles. The molecule has 0 saturated heterocycles. The third-order valence-corrected chi connectivity index (χ3v) is 2.32. The SMILES string of the molecule is Nc1cc(N)c(N=O)c(OCc2ccccc2)n1. The van der Waals surface area contributed by atoms with Crippen LogP contribution in [-0.4, -0.2) is 4.98 Å². The first-order valence-corrected chi connectivity index (χ1v) is 5.27. The van der Waals surface area contributed by atoms with Crippen LogP contribution in [0.3, 0.4) is 0 Å². The predicted molar refractivity (Wildman–Crippen MR) is 69.3 cm³/mol. The molecule has 6 heteroatoms. The van der Waals surface area contributed by atoms with Crippen LogP contribution < -0.4 is 16.2 Å². The Morgan fingerprint density at radius 1 is 1.22 bits per heavy atom. The van der Waals surface area contributed by atoms with Gasteiger partial charge in [0.1, 0.15) is 12.4 Å². The lowest BCUT2D eigenvalue weighted by Crippen LogP contribution is -2.01. The predicted octanol–water partition coefficient (Wildman–Crippen LogP) is 2.22. The van der Waals surface area contributed by atoms with E-state index in [1.54, 1.807) is 0 Å². The van der Waals surface area contributed by atoms with E-state index in [9.17, 15) is 4.91 Å². The summed E-state index contributed by atoms with van der Waals surface area (Å²) in [5.41, 5.74) is 12.2. The van der Waals surface area contributed by atoms with Gasteiger partial charge in [0.2, 0.25) is 5.88 Å². The summed E-state index contributed by atoms with van der Waals surface area (Å²) >= 11 is 0. The molecule has 92 valence electrons. The molecular formula is C12H12N4O2. The van der Waals surface area contributed by atoms with Gasteiger partial charge < -0.3 is 16.2 Å². The summed E-state index contributed by atoms with van der Waals surface area (Å²) in [6.45, 7) is 0.263. The zero-order chi connectivity index (χ0) is 13.0. The molecule has 0 saturated carbocycles. The molecule has 0 fully saturated rings. The van der Waals surface area contributed by atoms with Gasteiger partial charge in [-0.3, -0.25) is 0 Å². The molecule has 0 bridgehead atoms. The quantitative estimate of drug-likeness (QED) is 0.802. The molecule has 6 nitrogen and oxygen atoms in total. The highest BCUT2D eigenvalue weighted by atomic mass is 16.5. The Labute approximate surface area is 104 Å². The number of nitrogens with zero attached hydrogens (tertiary/aromatic N) is 2. The molecule has 1 aromatic carbocycles. The van der Waals surface area contributed by atoms with Crippen LogP contribution in [0, 0.1) is 4.91 Å². The van der Waals surface area contributed by atoms with Crippen molar-refractivity contribution in [3.8, 4) is 5.88 Å². The van der Waals surface area contributed by atoms with Crippen LogP contribution in [0.1, 0.15) is 5.56 Å². The Morgan fingerprint density at radius 2 is 1.94 bits per heavy atom. The Balaban J connectivity index is 2.21. The first kappa shape index (κ1) is 11.8. The summed E-state index contributed by atoms with van der Waals surface area (Å²) in [6.07, 6.45) is 0. The van der Waals surface area contributed by atoms with Crippen molar-refractivity contribution >= 4 is 17.2 Å². The number of nitroso groups, excluding NO2 is 1. The number of nitrogens with two attached hydrogens (primary N) is 2. The van der Waals surface area contributed by atoms with Crippen molar-refractivity contribution in [3.63, 3.8) is 0 Å². The molecule has 18 heavy (non-hydrogen) atoms. The van der Waals surface area contributed by atoms with Gasteiger partial charge in [0.25, 0.3) is 0 Å². The molecule has 2 rings (SSSR count). The number of benzene rings is 1. The van der Waals surface area contributed by atoms with Gasteiger partial charge in [0.05, 0.1) is 5.69 Å². The molecule has 0 unspecified atom stereocenters. The average molecular weight is 244 g/mol. The first-order valence-electron chi connectivity index (χ1n) is 5.27. The number of nitrogen functional groups attached to an aromatic ring is 2. The fourth-order valence-electron chi connectivity index (χ4n) is 1.47. The van der Waals surface area contributed by atoms with Gasteiger partial charge in [0.15, 0.2) is 5.69 Å². The van der Waals surface area contributed by atoms with Crippen molar-refractivity contribution in [1.82, 2.24) is 4.98 Å². The van der Waals surface area contributed by atoms with Crippen molar-refractivity contribution < 1.29 is 4.74 Å². The number of hydrogen-bond donors (Lipinski definition) is 2. The van der Waals surface area contributed by atoms with E-state index in [1.807, 2.05) is 30.3 Å². The summed E-state index contributed by atoms with van der Waals surface area (Å²) in [6, 6.07) is 10.8. The molecule has 1 aromatic heterocycles. The summed E-state index contributed by atoms with van der Waals surface area (Å²) in [5.74, 6) is 0.231. The molecule has 0 aliphatic heterocycles. The van der Waals surface area contributed by atoms with Crippen LogP contribution in [0.2, 0.25) is 0 Å². The molecule has 0 atom stereocenters. The van der Waals surface area contributed by atoms with Gasteiger partial charge in [-0.25, -0.2) is 0 Å². The molecule has 0 radical (unpaired) electrons. The average Bonchev–Trinajstić information content (AvgIpc) is 2.37. The molecule has 0 aliphatic rings. The van der Waals surface area contributed by atoms with Gasteiger partial charge in [-0.05, 0) is 10.7 Å². The summed E-state index contributed by atoms with van der Waals surface area (Å²) < 4.78 is 5.41. The van der Waals surface area contributed by atoms with E-state index >= 15 is 0 Å². The van der Waals surface area contributed by atoms with Gasteiger partial charge in [-0.2, -0.15) is 4.98 Å². The highest BCUT2D eigenvalue weighted by Crippen LogP contribution is 2.33. The van der Waals surface area contributed by atoms with Crippen LogP contribution in [0.5, 0.6) is 5.88 Å². The monoisotopic (exact) mass is 244 g/mol. The molecule has 0 aliphatic carbocycles. The highest BCUT2D eigenvalue weighted by Gasteiger charge is 2.12. The van der Waals surface area contributed by atoms with Gasteiger partial charge >= 0.3 is 0 Å². The van der Waals surface area contributed by atoms with Gasteiger partial charge in [0, 0.05) is 6.07 Å². The number of pyridine rings is 1. The summed E-state index contributed by atoms with van der Waals surface area (Å²) in [5, 5.41) is 2.81. The summed E-state index contributed by atoms with van der Waals surface area (Å²) in [4.78, 5) is 14.6. The van der Waals surface area contributed by atoms with Gasteiger partial charge in [-0.1, -0.05) is 30.3 Å². The molecule has 2 aromatic rings. The fourth-order valence-corrected chi connectivity index (χ4v) is 1.47. The Morgan fingerprint density at radius 3 is 2.61 bits per heavy atom. The second-order valence-corrected chi connectivity index (χ2v) is 3.66. The Kier molecular flexibility index (Phi) is 3.38. The van der Waals surface area contributed by atoms with Crippen molar-refractivity contribution in [2.24, 2.45) is 5.18 Å². The third-order valence-electron chi connectivity index (χ3n) is 2.32. The minimum atomic E-state index is -0.0277. The lowest BCUT2D eigenvalue weighted by Gasteiger charge is -2.08. The number of rotatable bonds is 4. The van der Waals surface area contributed by atoms with E-state index in [0.29, 0.717) is 0 Å². The maximum absolute atomic E-state index is 10.7. The number of aromatic nitrogens is 1. The highest BCUT2D eigenvalue weighted by molar-refractivity contribution is 5.70. The van der Waals surface area contributed by atoms with Crippen LogP contribution >= 0.6 is 0 Å². The minimum absolute atomic E-state index is 0.0277. The molecular weight excluding hydrogens is 232 g/mol. The van der Waals surface area contributed by atoms with E-state index in [-0.39, 0.29) is 29.7 Å². The van der Waals surface area contributed by atoms with Crippen molar-refractivity contribution in [1.29, 1.82) is 0 Å². The van der Waals surface area contributed by atoms with Crippen molar-refractivity contribution in [2.45, 2.75) is 6.61 Å². The van der Waals surface area contributed by atoms with Crippen molar-refractivity contribution in [2.75, 3.05) is 11.5 Å². The number of ether oxygens (including phenoxy) is 1. The van der Waals surface area contributed by atoms with Crippen molar-refractivity contribution in [3.05, 3.63) is 46.9 Å². The molecule has 4 N–H and O–H groups in total. The largest absolute Gasteiger partial charge is 0.471 e. The lowest BCUT2D eigenvalue weighted by atomic mass is 10.2. The smallest absolute Gasteiger partial charge is 0.248 e. The normalized spacial score (nSPS) is 10.0. The Hall–Kier alpha value is -2.63. The number of anilines is 2. The van der Waals surface area contributed by atoms with E-state index in [4.69, 9.17) is 16.2 Å². The lowest BCUT2D eigenvalue weighted by molar-refractivity contribution is 0.296. The molecule has 0 spiro atoms. The summed E-state index contributed by atoms with van der Waals surface area (Å²) in [7, 11) is 0. The Bertz CT molecular complexity index is 558. The number of hydrogen-bond acceptors (Lipinski definition) is 6. The van der Waals surface area contributed by atoms with Gasteiger partial charge in [-0.15, -0.1) is 4.91 Å². The van der Waals surface area contributed by atoms with Crippen LogP contribution in [-0.2, 0) is 6.61 Å². The van der Waals surface area contributed by atoms with E-state index < -0.39 is 0 Å². The van der Waals surface area contributed by atoms with Crippen LogP contribution in [0.25, 0.3) is 0 Å². The minimum Gasteiger partial charge on any atom is -0.471 e. The van der Waals surface area contributed by atoms with E-state index in [1.165, 1.54) is 6.07 Å². The van der Waals surface area contributed by atoms with E-state index in [0.717, 1.165) is 5.56 Å². The van der Waals surface area contributed by atoms with E-state index in [2.05, 4.69) is 10.2 Å². The van der Waals surface area contributed by atoms with Crippen LogP contribution in [0.4, 0.5) is 17.2 Å². The molecule has 0 amide bonds. The second kappa shape index (κ2) is 5.13. The zero-order valence-corrected chi connectivity index (χ0v) is 9.54. The second-order valence-electron chi connectivity index (χ2n) is 3.66. The fraction of sp³-hybridized carbons (Fsp3) is 0.0833. The third kappa shape index (κ3) is 2.54. The van der Waals surface area contributed by atoms with Crippen LogP contribution in [0.15, 0.2) is 41.6 Å².